The van der Waals surface area contributed by atoms with E-state index in [-0.39, 0.29) is 11.9 Å². The van der Waals surface area contributed by atoms with Crippen LogP contribution in [0.4, 0.5) is 0 Å². The number of nitrogens with zero attached hydrogens (tertiary/aromatic N) is 2. The molecule has 1 aliphatic rings. The molecule has 142 valence electrons. The van der Waals surface area contributed by atoms with E-state index in [1.165, 1.54) is 32.1 Å². The highest BCUT2D eigenvalue weighted by Crippen LogP contribution is 2.23. The predicted molar refractivity (Wildman–Crippen MR) is 107 cm³/mol. The number of imidazole rings is 1. The van der Waals surface area contributed by atoms with Crippen molar-refractivity contribution in [3.63, 3.8) is 0 Å². The van der Waals surface area contributed by atoms with Gasteiger partial charge >= 0.3 is 0 Å². The zero-order chi connectivity index (χ0) is 18.5. The molecule has 26 heavy (non-hydrogen) atoms. The van der Waals surface area contributed by atoms with Crippen molar-refractivity contribution in [2.24, 2.45) is 0 Å². The van der Waals surface area contributed by atoms with E-state index >= 15 is 0 Å². The zero-order valence-electron chi connectivity index (χ0n) is 15.7. The molecule has 6 heteroatoms. The number of aromatic amines is 1. The molecule has 1 saturated carbocycles. The van der Waals surface area contributed by atoms with Gasteiger partial charge in [0.15, 0.2) is 0 Å². The Morgan fingerprint density at radius 2 is 2.15 bits per heavy atom. The van der Waals surface area contributed by atoms with Gasteiger partial charge in [-0.05, 0) is 51.4 Å². The first-order chi connectivity index (χ1) is 12.5. The predicted octanol–water partition coefficient (Wildman–Crippen LogP) is 3.92. The number of nitrogens with one attached hydrogen (secondary N) is 2. The molecule has 3 rings (SSSR count). The fourth-order valence-corrected chi connectivity index (χ4v) is 3.93. The number of carbonyl (C=O) groups excluding carboxylic acids is 1. The van der Waals surface area contributed by atoms with Crippen LogP contribution in [-0.2, 0) is 11.2 Å². The van der Waals surface area contributed by atoms with E-state index in [4.69, 9.17) is 11.6 Å². The molecule has 1 fully saturated rings. The molecule has 1 amide bonds. The maximum atomic E-state index is 12.4. The van der Waals surface area contributed by atoms with Crippen molar-refractivity contribution in [3.05, 3.63) is 29.0 Å². The molecule has 1 heterocycles. The maximum absolute atomic E-state index is 12.4. The summed E-state index contributed by atoms with van der Waals surface area (Å²) < 4.78 is 0. The lowest BCUT2D eigenvalue weighted by Crippen LogP contribution is -2.48. The Kier molecular flexibility index (Phi) is 6.54. The molecule has 0 aliphatic heterocycles. The normalized spacial score (nSPS) is 16.9. The summed E-state index contributed by atoms with van der Waals surface area (Å²) in [5, 5.41) is 3.78. The van der Waals surface area contributed by atoms with Crippen molar-refractivity contribution in [3.8, 4) is 0 Å². The number of H-pyrrole nitrogens is 1. The van der Waals surface area contributed by atoms with Gasteiger partial charge in [0.05, 0.1) is 17.1 Å². The summed E-state index contributed by atoms with van der Waals surface area (Å²) in [5.74, 6) is 1.05. The van der Waals surface area contributed by atoms with Crippen LogP contribution in [0.2, 0.25) is 5.02 Å². The van der Waals surface area contributed by atoms with Crippen LogP contribution in [0.5, 0.6) is 0 Å². The van der Waals surface area contributed by atoms with Gasteiger partial charge in [-0.1, -0.05) is 30.9 Å². The van der Waals surface area contributed by atoms with Gasteiger partial charge in [0.1, 0.15) is 5.82 Å². The Morgan fingerprint density at radius 3 is 2.92 bits per heavy atom. The number of fused-ring (bicyclic) bond motifs is 1. The van der Waals surface area contributed by atoms with Gasteiger partial charge in [0.2, 0.25) is 5.91 Å². The molecule has 1 atom stereocenters. The Labute approximate surface area is 160 Å². The van der Waals surface area contributed by atoms with E-state index < -0.39 is 0 Å². The van der Waals surface area contributed by atoms with Gasteiger partial charge in [-0.3, -0.25) is 9.69 Å². The number of rotatable bonds is 7. The number of hydrogen-bond acceptors (Lipinski definition) is 3. The molecule has 1 aromatic carbocycles. The van der Waals surface area contributed by atoms with Crippen LogP contribution in [0.25, 0.3) is 11.0 Å². The Hall–Kier alpha value is -1.59. The first-order valence-corrected chi connectivity index (χ1v) is 10.1. The van der Waals surface area contributed by atoms with Crippen molar-refractivity contribution in [1.82, 2.24) is 20.2 Å². The summed E-state index contributed by atoms with van der Waals surface area (Å²) in [4.78, 5) is 22.5. The molecular weight excluding hydrogens is 348 g/mol. The number of benzene rings is 1. The highest BCUT2D eigenvalue weighted by molar-refractivity contribution is 6.31. The largest absolute Gasteiger partial charge is 0.355 e. The van der Waals surface area contributed by atoms with Gasteiger partial charge in [-0.15, -0.1) is 0 Å². The average Bonchev–Trinajstić information content (AvgIpc) is 3.06. The summed E-state index contributed by atoms with van der Waals surface area (Å²) in [6.07, 6.45) is 7.99. The summed E-state index contributed by atoms with van der Waals surface area (Å²) in [6.45, 7) is 2.67. The van der Waals surface area contributed by atoms with Gasteiger partial charge in [0.25, 0.3) is 0 Å². The third-order valence-electron chi connectivity index (χ3n) is 5.52. The van der Waals surface area contributed by atoms with Gasteiger partial charge in [0, 0.05) is 24.0 Å². The van der Waals surface area contributed by atoms with Gasteiger partial charge < -0.3 is 10.3 Å². The fourth-order valence-electron chi connectivity index (χ4n) is 3.76. The minimum atomic E-state index is -0.0774. The van der Waals surface area contributed by atoms with E-state index in [0.29, 0.717) is 17.6 Å². The summed E-state index contributed by atoms with van der Waals surface area (Å²) in [5.41, 5.74) is 1.88. The topological polar surface area (TPSA) is 61.0 Å². The van der Waals surface area contributed by atoms with E-state index in [1.807, 2.05) is 25.1 Å². The molecule has 1 aliphatic carbocycles. The number of carbonyl (C=O) groups is 1. The summed E-state index contributed by atoms with van der Waals surface area (Å²) >= 11 is 6.00. The van der Waals surface area contributed by atoms with Crippen molar-refractivity contribution >= 4 is 28.5 Å². The Bertz CT molecular complexity index is 738. The SMILES string of the molecule is C[C@H](C(=O)NCCCc1nc2ccc(Cl)cc2[nH]1)N(C)C1CCCCC1. The average molecular weight is 377 g/mol. The Morgan fingerprint density at radius 1 is 1.38 bits per heavy atom. The lowest BCUT2D eigenvalue weighted by molar-refractivity contribution is -0.126. The number of aromatic nitrogens is 2. The van der Waals surface area contributed by atoms with Crippen LogP contribution in [0.3, 0.4) is 0 Å². The molecule has 5 nitrogen and oxygen atoms in total. The van der Waals surface area contributed by atoms with Crippen LogP contribution in [0.1, 0.15) is 51.3 Å². The maximum Gasteiger partial charge on any atom is 0.237 e. The molecule has 2 N–H and O–H groups in total. The molecule has 0 saturated heterocycles. The van der Waals surface area contributed by atoms with E-state index in [1.54, 1.807) is 0 Å². The third-order valence-corrected chi connectivity index (χ3v) is 5.76. The minimum Gasteiger partial charge on any atom is -0.355 e. The molecular formula is C20H29ClN4O. The molecule has 0 unspecified atom stereocenters. The lowest BCUT2D eigenvalue weighted by atomic mass is 9.93. The fraction of sp³-hybridized carbons (Fsp3) is 0.600. The van der Waals surface area contributed by atoms with Crippen molar-refractivity contribution in [2.45, 2.75) is 64.0 Å². The van der Waals surface area contributed by atoms with Crippen molar-refractivity contribution < 1.29 is 4.79 Å². The first kappa shape index (κ1) is 19.2. The highest BCUT2D eigenvalue weighted by Gasteiger charge is 2.25. The lowest BCUT2D eigenvalue weighted by Gasteiger charge is -2.34. The minimum absolute atomic E-state index is 0.0774. The van der Waals surface area contributed by atoms with Crippen LogP contribution in [0.15, 0.2) is 18.2 Å². The van der Waals surface area contributed by atoms with Gasteiger partial charge in [-0.25, -0.2) is 4.98 Å². The van der Waals surface area contributed by atoms with E-state index in [0.717, 1.165) is 29.7 Å². The number of amides is 1. The van der Waals surface area contributed by atoms with Gasteiger partial charge in [-0.2, -0.15) is 0 Å². The number of hydrogen-bond donors (Lipinski definition) is 2. The molecule has 1 aromatic heterocycles. The molecule has 0 radical (unpaired) electrons. The van der Waals surface area contributed by atoms with E-state index in [2.05, 4.69) is 27.2 Å². The van der Waals surface area contributed by atoms with Crippen LogP contribution in [0, 0.1) is 0 Å². The van der Waals surface area contributed by atoms with Crippen LogP contribution in [-0.4, -0.2) is 46.5 Å². The molecule has 0 bridgehead atoms. The van der Waals surface area contributed by atoms with E-state index in [9.17, 15) is 4.79 Å². The molecule has 2 aromatic rings. The monoisotopic (exact) mass is 376 g/mol. The van der Waals surface area contributed by atoms with Crippen LogP contribution >= 0.6 is 11.6 Å². The zero-order valence-corrected chi connectivity index (χ0v) is 16.5. The van der Waals surface area contributed by atoms with Crippen molar-refractivity contribution in [2.75, 3.05) is 13.6 Å². The summed E-state index contributed by atoms with van der Waals surface area (Å²) in [6, 6.07) is 6.12. The smallest absolute Gasteiger partial charge is 0.237 e. The first-order valence-electron chi connectivity index (χ1n) is 9.68. The van der Waals surface area contributed by atoms with Crippen molar-refractivity contribution in [1.29, 1.82) is 0 Å². The second-order valence-electron chi connectivity index (χ2n) is 7.37. The highest BCUT2D eigenvalue weighted by atomic mass is 35.5. The standard InChI is InChI=1S/C20H29ClN4O/c1-14(25(2)16-7-4-3-5-8-16)20(26)22-12-6-9-19-23-17-11-10-15(21)13-18(17)24-19/h10-11,13-14,16H,3-9,12H2,1-2H3,(H,22,26)(H,23,24)/t14-/m1/s1. The van der Waals surface area contributed by atoms with Crippen LogP contribution < -0.4 is 5.32 Å². The number of halogens is 1. The third kappa shape index (κ3) is 4.77. The quantitative estimate of drug-likeness (QED) is 0.720. The second kappa shape index (κ2) is 8.87. The number of aryl methyl sites for hydroxylation is 1. The Balaban J connectivity index is 1.42. The number of likely N-dealkylation sites (N-methyl/N-ethyl adjacent to an activating group) is 1. The second-order valence-corrected chi connectivity index (χ2v) is 7.81. The molecule has 0 spiro atoms. The summed E-state index contributed by atoms with van der Waals surface area (Å²) in [7, 11) is 2.08.